The van der Waals surface area contributed by atoms with E-state index >= 15 is 0 Å². The van der Waals surface area contributed by atoms with Crippen LogP contribution in [0.2, 0.25) is 5.02 Å². The second-order valence-corrected chi connectivity index (χ2v) is 8.41. The van der Waals surface area contributed by atoms with Gasteiger partial charge in [0.25, 0.3) is 0 Å². The van der Waals surface area contributed by atoms with Gasteiger partial charge >= 0.3 is 6.09 Å². The summed E-state index contributed by atoms with van der Waals surface area (Å²) in [5.74, 6) is -1.86. The van der Waals surface area contributed by atoms with Crippen LogP contribution in [-0.4, -0.2) is 23.4 Å². The summed E-state index contributed by atoms with van der Waals surface area (Å²) in [4.78, 5) is 39.9. The van der Waals surface area contributed by atoms with E-state index in [1.165, 1.54) is 11.3 Å². The summed E-state index contributed by atoms with van der Waals surface area (Å²) < 4.78 is 5.38. The predicted molar refractivity (Wildman–Crippen MR) is 101 cm³/mol. The molecule has 0 radical (unpaired) electrons. The SMILES string of the molecule is CC(C)(C)OC(=O)N1C(=O)C(C(=O)c2cccs2)Cc2cc(Cl)ccc21. The van der Waals surface area contributed by atoms with E-state index in [0.29, 0.717) is 21.2 Å². The van der Waals surface area contributed by atoms with E-state index in [-0.39, 0.29) is 12.2 Å². The highest BCUT2D eigenvalue weighted by Crippen LogP contribution is 2.35. The van der Waals surface area contributed by atoms with Crippen LogP contribution in [0.3, 0.4) is 0 Å². The first kappa shape index (κ1) is 18.6. The molecule has 1 atom stereocenters. The molecule has 136 valence electrons. The summed E-state index contributed by atoms with van der Waals surface area (Å²) in [7, 11) is 0. The fraction of sp³-hybridized carbons (Fsp3) is 0.316. The molecule has 0 aliphatic carbocycles. The lowest BCUT2D eigenvalue weighted by Crippen LogP contribution is -2.49. The van der Waals surface area contributed by atoms with Crippen LogP contribution < -0.4 is 4.90 Å². The molecule has 2 aromatic rings. The molecule has 2 heterocycles. The zero-order valence-corrected chi connectivity index (χ0v) is 16.2. The number of imide groups is 1. The van der Waals surface area contributed by atoms with E-state index < -0.39 is 23.5 Å². The first-order valence-electron chi connectivity index (χ1n) is 8.10. The molecular formula is C19H18ClNO4S. The lowest BCUT2D eigenvalue weighted by molar-refractivity contribution is -0.121. The largest absolute Gasteiger partial charge is 0.443 e. The maximum absolute atomic E-state index is 13.0. The van der Waals surface area contributed by atoms with Crippen LogP contribution in [0.15, 0.2) is 35.7 Å². The van der Waals surface area contributed by atoms with Gasteiger partial charge in [-0.2, -0.15) is 0 Å². The van der Waals surface area contributed by atoms with Gasteiger partial charge in [-0.1, -0.05) is 17.7 Å². The average Bonchev–Trinajstić information content (AvgIpc) is 3.06. The van der Waals surface area contributed by atoms with E-state index in [2.05, 4.69) is 0 Å². The Kier molecular flexibility index (Phi) is 4.90. The molecule has 1 aromatic carbocycles. The molecule has 3 rings (SSSR count). The number of halogens is 1. The van der Waals surface area contributed by atoms with Crippen molar-refractivity contribution in [3.05, 3.63) is 51.2 Å². The normalized spacial score (nSPS) is 17.0. The minimum absolute atomic E-state index is 0.199. The second-order valence-electron chi connectivity index (χ2n) is 7.03. The van der Waals surface area contributed by atoms with Gasteiger partial charge < -0.3 is 4.74 Å². The van der Waals surface area contributed by atoms with E-state index in [0.717, 1.165) is 4.90 Å². The number of ether oxygens (including phenoxy) is 1. The van der Waals surface area contributed by atoms with Crippen molar-refractivity contribution >= 4 is 46.4 Å². The van der Waals surface area contributed by atoms with E-state index in [1.807, 2.05) is 0 Å². The molecule has 7 heteroatoms. The fourth-order valence-corrected chi connectivity index (χ4v) is 3.72. The number of carbonyl (C=O) groups is 3. The van der Waals surface area contributed by atoms with Gasteiger partial charge in [0.05, 0.1) is 10.6 Å². The quantitative estimate of drug-likeness (QED) is 0.548. The third kappa shape index (κ3) is 3.66. The molecule has 1 aliphatic rings. The van der Waals surface area contributed by atoms with Crippen molar-refractivity contribution in [3.8, 4) is 0 Å². The topological polar surface area (TPSA) is 63.7 Å². The highest BCUT2D eigenvalue weighted by atomic mass is 35.5. The number of fused-ring (bicyclic) bond motifs is 1. The molecule has 0 N–H and O–H groups in total. The van der Waals surface area contributed by atoms with Gasteiger partial charge in [0.1, 0.15) is 11.5 Å². The highest BCUT2D eigenvalue weighted by molar-refractivity contribution is 7.12. The molecule has 0 bridgehead atoms. The van der Waals surface area contributed by atoms with Crippen LogP contribution >= 0.6 is 22.9 Å². The molecule has 0 fully saturated rings. The highest BCUT2D eigenvalue weighted by Gasteiger charge is 2.42. The maximum Gasteiger partial charge on any atom is 0.421 e. The van der Waals surface area contributed by atoms with Crippen molar-refractivity contribution in [1.29, 1.82) is 0 Å². The Morgan fingerprint density at radius 3 is 2.62 bits per heavy atom. The molecule has 5 nitrogen and oxygen atoms in total. The number of rotatable bonds is 2. The summed E-state index contributed by atoms with van der Waals surface area (Å²) >= 11 is 7.34. The standard InChI is InChI=1S/C19H18ClNO4S/c1-19(2,3)25-18(24)21-14-7-6-12(20)9-11(14)10-13(17(21)23)16(22)15-5-4-8-26-15/h4-9,13H,10H2,1-3H3. The number of thiophene rings is 1. The van der Waals surface area contributed by atoms with Crippen LogP contribution in [0, 0.1) is 5.92 Å². The lowest BCUT2D eigenvalue weighted by Gasteiger charge is -2.33. The summed E-state index contributed by atoms with van der Waals surface area (Å²) in [5, 5.41) is 2.25. The smallest absolute Gasteiger partial charge is 0.421 e. The van der Waals surface area contributed by atoms with E-state index in [1.54, 1.807) is 56.5 Å². The monoisotopic (exact) mass is 391 g/mol. The molecule has 1 unspecified atom stereocenters. The second kappa shape index (κ2) is 6.85. The fourth-order valence-electron chi connectivity index (χ4n) is 2.81. The van der Waals surface area contributed by atoms with Crippen LogP contribution in [0.25, 0.3) is 0 Å². The molecular weight excluding hydrogens is 374 g/mol. The van der Waals surface area contributed by atoms with Crippen LogP contribution in [0.4, 0.5) is 10.5 Å². The summed E-state index contributed by atoms with van der Waals surface area (Å²) in [6.45, 7) is 5.16. The molecule has 0 saturated carbocycles. The van der Waals surface area contributed by atoms with Gasteiger partial charge in [-0.05, 0) is 62.4 Å². The predicted octanol–water partition coefficient (Wildman–Crippen LogP) is 4.72. The molecule has 26 heavy (non-hydrogen) atoms. The number of amides is 2. The first-order valence-corrected chi connectivity index (χ1v) is 9.36. The molecule has 1 aromatic heterocycles. The molecule has 0 saturated heterocycles. The van der Waals surface area contributed by atoms with Crippen molar-refractivity contribution in [2.45, 2.75) is 32.8 Å². The van der Waals surface area contributed by atoms with Crippen LogP contribution in [0.1, 0.15) is 36.0 Å². The zero-order chi connectivity index (χ0) is 19.1. The number of hydrogen-bond acceptors (Lipinski definition) is 5. The Hall–Kier alpha value is -2.18. The molecule has 2 amide bonds. The van der Waals surface area contributed by atoms with Crippen molar-refractivity contribution in [3.63, 3.8) is 0 Å². The Bertz CT molecular complexity index is 870. The number of carbonyl (C=O) groups excluding carboxylic acids is 3. The number of Topliss-reactive ketones (excluding diaryl/α,β-unsaturated/α-hetero) is 1. The van der Waals surface area contributed by atoms with Gasteiger partial charge in [0.15, 0.2) is 5.78 Å². The summed E-state index contributed by atoms with van der Waals surface area (Å²) in [5.41, 5.74) is 0.302. The van der Waals surface area contributed by atoms with Crippen LogP contribution in [0.5, 0.6) is 0 Å². The van der Waals surface area contributed by atoms with Gasteiger partial charge in [-0.25, -0.2) is 9.69 Å². The number of benzene rings is 1. The minimum atomic E-state index is -0.980. The third-order valence-corrected chi connectivity index (χ3v) is 5.00. The summed E-state index contributed by atoms with van der Waals surface area (Å²) in [6, 6.07) is 8.31. The molecule has 0 spiro atoms. The Balaban J connectivity index is 2.03. The molecule has 1 aliphatic heterocycles. The average molecular weight is 392 g/mol. The van der Waals surface area contributed by atoms with Crippen molar-refractivity contribution in [1.82, 2.24) is 0 Å². The third-order valence-electron chi connectivity index (χ3n) is 3.88. The van der Waals surface area contributed by atoms with Gasteiger partial charge in [-0.3, -0.25) is 9.59 Å². The Morgan fingerprint density at radius 1 is 1.27 bits per heavy atom. The van der Waals surface area contributed by atoms with Gasteiger partial charge in [0, 0.05) is 5.02 Å². The number of anilines is 1. The minimum Gasteiger partial charge on any atom is -0.443 e. The van der Waals surface area contributed by atoms with Crippen molar-refractivity contribution in [2.75, 3.05) is 4.90 Å². The lowest BCUT2D eigenvalue weighted by atomic mass is 9.88. The Labute approximate surface area is 160 Å². The number of ketones is 1. The Morgan fingerprint density at radius 2 is 2.00 bits per heavy atom. The van der Waals surface area contributed by atoms with E-state index in [4.69, 9.17) is 16.3 Å². The maximum atomic E-state index is 13.0. The zero-order valence-electron chi connectivity index (χ0n) is 14.6. The number of nitrogens with zero attached hydrogens (tertiary/aromatic N) is 1. The van der Waals surface area contributed by atoms with Crippen LogP contribution in [-0.2, 0) is 16.0 Å². The van der Waals surface area contributed by atoms with Crippen molar-refractivity contribution < 1.29 is 19.1 Å². The number of hydrogen-bond donors (Lipinski definition) is 0. The summed E-state index contributed by atoms with van der Waals surface area (Å²) in [6.07, 6.45) is -0.597. The van der Waals surface area contributed by atoms with Gasteiger partial charge in [0.2, 0.25) is 5.91 Å². The van der Waals surface area contributed by atoms with Crippen molar-refractivity contribution in [2.24, 2.45) is 5.92 Å². The first-order chi connectivity index (χ1) is 12.2. The van der Waals surface area contributed by atoms with E-state index in [9.17, 15) is 14.4 Å². The van der Waals surface area contributed by atoms with Gasteiger partial charge in [-0.15, -0.1) is 11.3 Å².